The lowest BCUT2D eigenvalue weighted by molar-refractivity contribution is -0.163. The molecule has 1 unspecified atom stereocenters. The molecular weight excluding hydrogens is 820 g/mol. The summed E-state index contributed by atoms with van der Waals surface area (Å²) >= 11 is 0. The molecule has 5 atom stereocenters. The number of carbonyl (C=O) groups excluding carboxylic acids is 4. The third kappa shape index (κ3) is 18.2. The summed E-state index contributed by atoms with van der Waals surface area (Å²) in [6.45, 7) is 4.07. The Balaban J connectivity index is 1.22. The number of alkyl halides is 1. The van der Waals surface area contributed by atoms with Gasteiger partial charge in [-0.1, -0.05) is 141 Å². The van der Waals surface area contributed by atoms with Gasteiger partial charge in [-0.05, 0) is 17.9 Å². The fourth-order valence-electron chi connectivity index (χ4n) is 7.17. The predicted octanol–water partition coefficient (Wildman–Crippen LogP) is 8.15. The zero-order chi connectivity index (χ0) is 45.4. The molecule has 1 aromatic carbocycles. The SMILES string of the molecule is CCCCCCCCCCCCCCCCCC(=O)OC(COC(=O)OC[C@H]1O[C@@H](n2cnc3c(=O)[nH]c(N)nc32)C[C@@H]1F)COC(=O)[C@@H](NC(=O)OCc1ccccc1)C(C)C. The maximum Gasteiger partial charge on any atom is 0.508 e. The Bertz CT molecular complexity index is 1890. The first-order chi connectivity index (χ1) is 30.4. The second-order valence-electron chi connectivity index (χ2n) is 16.4. The fraction of sp³-hybridized carbons (Fsp3) is 0.667. The second-order valence-corrected chi connectivity index (χ2v) is 16.4. The third-order valence-corrected chi connectivity index (χ3v) is 10.8. The summed E-state index contributed by atoms with van der Waals surface area (Å²) in [5.41, 5.74) is 5.98. The molecule has 3 aromatic rings. The molecule has 1 fully saturated rings. The Kier molecular flexibility index (Phi) is 22.2. The summed E-state index contributed by atoms with van der Waals surface area (Å²) in [6.07, 6.45) is 12.0. The van der Waals surface area contributed by atoms with Crippen molar-refractivity contribution in [2.45, 2.75) is 167 Å². The number of amides is 1. The highest BCUT2D eigenvalue weighted by molar-refractivity contribution is 5.81. The van der Waals surface area contributed by atoms with Crippen LogP contribution in [0.25, 0.3) is 11.2 Å². The molecule has 0 spiro atoms. The Morgan fingerprint density at radius 3 is 2.14 bits per heavy atom. The third-order valence-electron chi connectivity index (χ3n) is 10.8. The zero-order valence-electron chi connectivity index (χ0n) is 37.1. The Morgan fingerprint density at radius 1 is 0.889 bits per heavy atom. The van der Waals surface area contributed by atoms with E-state index in [2.05, 4.69) is 27.2 Å². The summed E-state index contributed by atoms with van der Waals surface area (Å²) < 4.78 is 48.9. The molecule has 0 bridgehead atoms. The van der Waals surface area contributed by atoms with E-state index in [1.54, 1.807) is 26.0 Å². The lowest BCUT2D eigenvalue weighted by Crippen LogP contribution is -2.46. The van der Waals surface area contributed by atoms with Crippen LogP contribution in [0.5, 0.6) is 0 Å². The summed E-state index contributed by atoms with van der Waals surface area (Å²) in [7, 11) is 0. The normalized spacial score (nSPS) is 17.0. The number of nitrogens with zero attached hydrogens (tertiary/aromatic N) is 3. The van der Waals surface area contributed by atoms with Gasteiger partial charge in [-0.25, -0.2) is 23.8 Å². The van der Waals surface area contributed by atoms with Crippen LogP contribution in [0, 0.1) is 5.92 Å². The molecule has 63 heavy (non-hydrogen) atoms. The molecule has 3 heterocycles. The number of aromatic nitrogens is 4. The zero-order valence-corrected chi connectivity index (χ0v) is 37.1. The highest BCUT2D eigenvalue weighted by Crippen LogP contribution is 2.32. The number of ether oxygens (including phenoxy) is 6. The quantitative estimate of drug-likeness (QED) is 0.0340. The number of alkyl carbamates (subject to hydrolysis) is 1. The van der Waals surface area contributed by atoms with Gasteiger partial charge in [0.05, 0.1) is 6.33 Å². The number of hydrogen-bond acceptors (Lipinski definition) is 14. The van der Waals surface area contributed by atoms with E-state index in [4.69, 9.17) is 34.2 Å². The van der Waals surface area contributed by atoms with Gasteiger partial charge in [0.15, 0.2) is 17.3 Å². The van der Waals surface area contributed by atoms with Gasteiger partial charge in [0.2, 0.25) is 5.95 Å². The van der Waals surface area contributed by atoms with Gasteiger partial charge >= 0.3 is 24.2 Å². The van der Waals surface area contributed by atoms with Crippen molar-refractivity contribution in [3.05, 3.63) is 52.6 Å². The minimum Gasteiger partial charge on any atom is -0.460 e. The number of benzene rings is 1. The standard InChI is InChI=1S/C45H67FN6O11/c1-4-5-6-7-8-9-10-11-12-13-14-15-16-17-21-24-37(53)62-33(27-58-42(55)38(31(2)3)49-44(56)59-26-32-22-19-18-20-23-32)28-60-45(57)61-29-35-34(46)25-36(63-35)52-30-48-39-40(52)50-43(47)51-41(39)54/h18-20,22-23,30-31,33-36,38H,4-17,21,24-29H2,1-3H3,(H,49,56)(H3,47,50,51,54)/t33?,34-,35+,36+,38-/m0/s1. The molecule has 1 aliphatic rings. The molecule has 350 valence electrons. The molecule has 4 rings (SSSR count). The lowest BCUT2D eigenvalue weighted by atomic mass is 10.0. The van der Waals surface area contributed by atoms with Crippen LogP contribution in [0.2, 0.25) is 0 Å². The van der Waals surface area contributed by atoms with E-state index in [1.165, 1.54) is 75.1 Å². The number of unbranched alkanes of at least 4 members (excludes halogenated alkanes) is 14. The van der Waals surface area contributed by atoms with E-state index in [0.29, 0.717) is 6.42 Å². The Morgan fingerprint density at radius 2 is 1.51 bits per heavy atom. The highest BCUT2D eigenvalue weighted by atomic mass is 19.1. The van der Waals surface area contributed by atoms with Gasteiger partial charge in [0.25, 0.3) is 5.56 Å². The van der Waals surface area contributed by atoms with E-state index in [1.807, 2.05) is 18.2 Å². The number of hydrogen-bond donors (Lipinski definition) is 3. The molecule has 0 radical (unpaired) electrons. The Hall–Kier alpha value is -5.26. The van der Waals surface area contributed by atoms with Crippen LogP contribution < -0.4 is 16.6 Å². The molecule has 1 aliphatic heterocycles. The van der Waals surface area contributed by atoms with Crippen molar-refractivity contribution in [2.24, 2.45) is 5.92 Å². The number of imidazole rings is 1. The van der Waals surface area contributed by atoms with Gasteiger partial charge in [-0.3, -0.25) is 19.1 Å². The summed E-state index contributed by atoms with van der Waals surface area (Å²) in [5, 5.41) is 2.52. The number of esters is 2. The molecule has 4 N–H and O–H groups in total. The van der Waals surface area contributed by atoms with Crippen LogP contribution in [0.3, 0.4) is 0 Å². The first kappa shape index (κ1) is 50.4. The van der Waals surface area contributed by atoms with Crippen LogP contribution >= 0.6 is 0 Å². The van der Waals surface area contributed by atoms with Gasteiger partial charge in [0, 0.05) is 12.8 Å². The van der Waals surface area contributed by atoms with Crippen LogP contribution in [0.4, 0.5) is 19.9 Å². The number of halogens is 1. The molecule has 0 aliphatic carbocycles. The maximum absolute atomic E-state index is 15.0. The monoisotopic (exact) mass is 886 g/mol. The summed E-state index contributed by atoms with van der Waals surface area (Å²) in [6, 6.07) is 7.93. The molecule has 2 aromatic heterocycles. The van der Waals surface area contributed by atoms with Crippen molar-refractivity contribution in [1.29, 1.82) is 0 Å². The highest BCUT2D eigenvalue weighted by Gasteiger charge is 2.38. The number of H-pyrrole nitrogens is 1. The average molecular weight is 887 g/mol. The second kappa shape index (κ2) is 27.7. The number of rotatable bonds is 29. The summed E-state index contributed by atoms with van der Waals surface area (Å²) in [5.74, 6) is -1.93. The molecule has 18 heteroatoms. The number of anilines is 1. The van der Waals surface area contributed by atoms with E-state index in [-0.39, 0.29) is 36.6 Å². The van der Waals surface area contributed by atoms with Gasteiger partial charge < -0.3 is 39.5 Å². The number of fused-ring (bicyclic) bond motifs is 1. The van der Waals surface area contributed by atoms with E-state index >= 15 is 4.39 Å². The largest absolute Gasteiger partial charge is 0.508 e. The molecule has 0 saturated carbocycles. The number of aromatic amines is 1. The van der Waals surface area contributed by atoms with Crippen LogP contribution in [0.15, 0.2) is 41.5 Å². The van der Waals surface area contributed by atoms with Gasteiger partial charge in [0.1, 0.15) is 51.0 Å². The van der Waals surface area contributed by atoms with Crippen molar-refractivity contribution >= 4 is 41.3 Å². The summed E-state index contributed by atoms with van der Waals surface area (Å²) in [4.78, 5) is 74.0. The number of carbonyl (C=O) groups is 4. The van der Waals surface area contributed by atoms with Crippen molar-refractivity contribution in [3.63, 3.8) is 0 Å². The molecule has 17 nitrogen and oxygen atoms in total. The van der Waals surface area contributed by atoms with Crippen molar-refractivity contribution < 1.29 is 52.0 Å². The van der Waals surface area contributed by atoms with Gasteiger partial charge in [-0.2, -0.15) is 4.98 Å². The van der Waals surface area contributed by atoms with Crippen LogP contribution in [0.1, 0.15) is 142 Å². The molecular formula is C45H67FN6O11. The maximum atomic E-state index is 15.0. The first-order valence-electron chi connectivity index (χ1n) is 22.6. The number of nitrogen functional groups attached to an aromatic ring is 1. The topological polar surface area (TPSA) is 225 Å². The van der Waals surface area contributed by atoms with E-state index in [9.17, 15) is 24.0 Å². The number of nitrogens with one attached hydrogen (secondary N) is 2. The fourth-order valence-corrected chi connectivity index (χ4v) is 7.17. The smallest absolute Gasteiger partial charge is 0.460 e. The number of nitrogens with two attached hydrogens (primary N) is 1. The first-order valence-corrected chi connectivity index (χ1v) is 22.6. The minimum absolute atomic E-state index is 0.000404. The van der Waals surface area contributed by atoms with E-state index < -0.39 is 86.1 Å². The van der Waals surface area contributed by atoms with Gasteiger partial charge in [-0.15, -0.1) is 0 Å². The predicted molar refractivity (Wildman–Crippen MR) is 232 cm³/mol. The van der Waals surface area contributed by atoms with E-state index in [0.717, 1.165) is 31.2 Å². The lowest BCUT2D eigenvalue weighted by Gasteiger charge is -2.23. The molecule has 1 amide bonds. The Labute approximate surface area is 368 Å². The van der Waals surface area contributed by atoms with Crippen molar-refractivity contribution in [2.75, 3.05) is 25.6 Å². The van der Waals surface area contributed by atoms with Crippen LogP contribution in [-0.4, -0.2) is 87.9 Å². The molecule has 1 saturated heterocycles. The minimum atomic E-state index is -1.56. The van der Waals surface area contributed by atoms with Crippen LogP contribution in [-0.2, 0) is 44.6 Å². The van der Waals surface area contributed by atoms with Crippen molar-refractivity contribution in [1.82, 2.24) is 24.8 Å². The van der Waals surface area contributed by atoms with Crippen molar-refractivity contribution in [3.8, 4) is 0 Å². The average Bonchev–Trinajstić information content (AvgIpc) is 3.86.